The number of hydrogen-bond donors (Lipinski definition) is 2. The van der Waals surface area contributed by atoms with Crippen LogP contribution in [0.5, 0.6) is 0 Å². The summed E-state index contributed by atoms with van der Waals surface area (Å²) in [5.41, 5.74) is 7.77. The van der Waals surface area contributed by atoms with Crippen LogP contribution in [0.1, 0.15) is 30.1 Å². The summed E-state index contributed by atoms with van der Waals surface area (Å²) in [6.07, 6.45) is 2.16. The molecule has 0 radical (unpaired) electrons. The van der Waals surface area contributed by atoms with Gasteiger partial charge in [-0.15, -0.1) is 0 Å². The molecule has 0 bridgehead atoms. The van der Waals surface area contributed by atoms with Gasteiger partial charge < -0.3 is 20.7 Å². The highest BCUT2D eigenvalue weighted by molar-refractivity contribution is 6.00. The number of amides is 1. The van der Waals surface area contributed by atoms with E-state index in [0.717, 1.165) is 25.1 Å². The van der Waals surface area contributed by atoms with Crippen molar-refractivity contribution in [2.75, 3.05) is 44.5 Å². The van der Waals surface area contributed by atoms with E-state index in [1.165, 1.54) is 0 Å². The lowest BCUT2D eigenvalue weighted by Crippen LogP contribution is -2.29. The summed E-state index contributed by atoms with van der Waals surface area (Å²) in [6.45, 7) is 3.90. The van der Waals surface area contributed by atoms with Gasteiger partial charge in [-0.1, -0.05) is 13.3 Å². The largest absolute Gasteiger partial charge is 0.399 e. The van der Waals surface area contributed by atoms with E-state index in [4.69, 9.17) is 10.5 Å². The Kier molecular flexibility index (Phi) is 6.87. The molecule has 0 aliphatic carbocycles. The number of ether oxygens (including phenoxy) is 1. The maximum atomic E-state index is 12.2. The number of anilines is 2. The van der Waals surface area contributed by atoms with Crippen LogP contribution in [0.4, 0.5) is 11.4 Å². The van der Waals surface area contributed by atoms with Gasteiger partial charge in [-0.3, -0.25) is 4.79 Å². The number of rotatable bonds is 8. The van der Waals surface area contributed by atoms with Gasteiger partial charge in [-0.2, -0.15) is 0 Å². The molecular weight excluding hydrogens is 254 g/mol. The Morgan fingerprint density at radius 3 is 2.75 bits per heavy atom. The van der Waals surface area contributed by atoms with E-state index in [1.807, 2.05) is 25.1 Å². The predicted molar refractivity (Wildman–Crippen MR) is 83.2 cm³/mol. The van der Waals surface area contributed by atoms with Crippen LogP contribution in [-0.2, 0) is 4.74 Å². The average molecular weight is 279 g/mol. The van der Waals surface area contributed by atoms with Crippen molar-refractivity contribution in [3.05, 3.63) is 23.8 Å². The lowest BCUT2D eigenvalue weighted by molar-refractivity contribution is 0.0913. The van der Waals surface area contributed by atoms with E-state index >= 15 is 0 Å². The standard InChI is InChI=1S/C15H25N3O2/c1-4-5-9-20-10-8-17-15(19)13-11-12(16)6-7-14(13)18(2)3/h6-7,11H,4-5,8-10,16H2,1-3H3,(H,17,19). The van der Waals surface area contributed by atoms with Crippen molar-refractivity contribution in [2.45, 2.75) is 19.8 Å². The van der Waals surface area contributed by atoms with Crippen molar-refractivity contribution in [3.63, 3.8) is 0 Å². The maximum absolute atomic E-state index is 12.2. The van der Waals surface area contributed by atoms with Crippen LogP contribution in [0.2, 0.25) is 0 Å². The minimum absolute atomic E-state index is 0.125. The molecule has 0 aliphatic rings. The van der Waals surface area contributed by atoms with Crippen molar-refractivity contribution < 1.29 is 9.53 Å². The molecule has 0 aromatic heterocycles. The Morgan fingerprint density at radius 1 is 1.35 bits per heavy atom. The van der Waals surface area contributed by atoms with Gasteiger partial charge in [-0.05, 0) is 24.6 Å². The fourth-order valence-electron chi connectivity index (χ4n) is 1.81. The van der Waals surface area contributed by atoms with Gasteiger partial charge in [0.2, 0.25) is 0 Å². The monoisotopic (exact) mass is 279 g/mol. The van der Waals surface area contributed by atoms with E-state index in [2.05, 4.69) is 12.2 Å². The number of carbonyl (C=O) groups excluding carboxylic acids is 1. The minimum Gasteiger partial charge on any atom is -0.399 e. The third kappa shape index (κ3) is 5.09. The molecule has 5 heteroatoms. The summed E-state index contributed by atoms with van der Waals surface area (Å²) in [5.74, 6) is -0.125. The summed E-state index contributed by atoms with van der Waals surface area (Å²) in [4.78, 5) is 14.1. The Hall–Kier alpha value is -1.75. The molecule has 1 aromatic rings. The van der Waals surface area contributed by atoms with E-state index in [1.54, 1.807) is 12.1 Å². The summed E-state index contributed by atoms with van der Waals surface area (Å²) < 4.78 is 5.41. The maximum Gasteiger partial charge on any atom is 0.253 e. The second-order valence-corrected chi connectivity index (χ2v) is 4.89. The topological polar surface area (TPSA) is 67.6 Å². The van der Waals surface area contributed by atoms with Crippen LogP contribution >= 0.6 is 0 Å². The highest BCUT2D eigenvalue weighted by Gasteiger charge is 2.12. The summed E-state index contributed by atoms with van der Waals surface area (Å²) in [6, 6.07) is 5.34. The fraction of sp³-hybridized carbons (Fsp3) is 0.533. The molecule has 0 saturated heterocycles. The van der Waals surface area contributed by atoms with Crippen molar-refractivity contribution in [2.24, 2.45) is 0 Å². The van der Waals surface area contributed by atoms with Crippen molar-refractivity contribution in [1.29, 1.82) is 0 Å². The summed E-state index contributed by atoms with van der Waals surface area (Å²) in [7, 11) is 3.80. The van der Waals surface area contributed by atoms with E-state index in [0.29, 0.717) is 24.4 Å². The molecule has 0 aliphatic heterocycles. The van der Waals surface area contributed by atoms with Gasteiger partial charge >= 0.3 is 0 Å². The second kappa shape index (κ2) is 8.43. The molecule has 0 spiro atoms. The average Bonchev–Trinajstić information content (AvgIpc) is 2.42. The van der Waals surface area contributed by atoms with Crippen LogP contribution in [-0.4, -0.2) is 39.8 Å². The first-order valence-electron chi connectivity index (χ1n) is 6.99. The van der Waals surface area contributed by atoms with Gasteiger partial charge in [-0.25, -0.2) is 0 Å². The Morgan fingerprint density at radius 2 is 2.10 bits per heavy atom. The van der Waals surface area contributed by atoms with Gasteiger partial charge in [0, 0.05) is 38.6 Å². The minimum atomic E-state index is -0.125. The number of nitrogens with one attached hydrogen (secondary N) is 1. The molecule has 20 heavy (non-hydrogen) atoms. The molecule has 3 N–H and O–H groups in total. The smallest absolute Gasteiger partial charge is 0.253 e. The fourth-order valence-corrected chi connectivity index (χ4v) is 1.81. The second-order valence-electron chi connectivity index (χ2n) is 4.89. The Balaban J connectivity index is 2.52. The number of benzene rings is 1. The molecule has 0 heterocycles. The van der Waals surface area contributed by atoms with Crippen molar-refractivity contribution in [3.8, 4) is 0 Å². The first-order valence-corrected chi connectivity index (χ1v) is 6.99. The number of nitrogens with zero attached hydrogens (tertiary/aromatic N) is 1. The first-order chi connectivity index (χ1) is 9.56. The van der Waals surface area contributed by atoms with Crippen LogP contribution in [0.3, 0.4) is 0 Å². The van der Waals surface area contributed by atoms with Crippen LogP contribution in [0, 0.1) is 0 Å². The quantitative estimate of drug-likeness (QED) is 0.563. The molecule has 1 amide bonds. The zero-order valence-electron chi connectivity index (χ0n) is 12.6. The third-order valence-corrected chi connectivity index (χ3v) is 2.92. The van der Waals surface area contributed by atoms with E-state index in [9.17, 15) is 4.79 Å². The lowest BCUT2D eigenvalue weighted by atomic mass is 10.1. The highest BCUT2D eigenvalue weighted by atomic mass is 16.5. The van der Waals surface area contributed by atoms with Crippen molar-refractivity contribution >= 4 is 17.3 Å². The summed E-state index contributed by atoms with van der Waals surface area (Å²) >= 11 is 0. The van der Waals surface area contributed by atoms with Crippen LogP contribution in [0.25, 0.3) is 0 Å². The molecule has 5 nitrogen and oxygen atoms in total. The molecule has 1 rings (SSSR count). The Bertz CT molecular complexity index is 433. The zero-order valence-corrected chi connectivity index (χ0v) is 12.6. The molecule has 0 unspecified atom stereocenters. The van der Waals surface area contributed by atoms with Gasteiger partial charge in [0.15, 0.2) is 0 Å². The number of unbranched alkanes of at least 4 members (excludes halogenated alkanes) is 1. The molecule has 1 aromatic carbocycles. The Labute approximate surface area is 121 Å². The molecule has 0 saturated carbocycles. The number of hydrogen-bond acceptors (Lipinski definition) is 4. The highest BCUT2D eigenvalue weighted by Crippen LogP contribution is 2.21. The van der Waals surface area contributed by atoms with Crippen molar-refractivity contribution in [1.82, 2.24) is 5.32 Å². The predicted octanol–water partition coefficient (Wildman–Crippen LogP) is 1.88. The third-order valence-electron chi connectivity index (χ3n) is 2.92. The molecular formula is C15H25N3O2. The van der Waals surface area contributed by atoms with E-state index < -0.39 is 0 Å². The first kappa shape index (κ1) is 16.3. The summed E-state index contributed by atoms with van der Waals surface area (Å²) in [5, 5.41) is 2.85. The molecule has 112 valence electrons. The SMILES string of the molecule is CCCCOCCNC(=O)c1cc(N)ccc1N(C)C. The van der Waals surface area contributed by atoms with Gasteiger partial charge in [0.25, 0.3) is 5.91 Å². The zero-order chi connectivity index (χ0) is 15.0. The number of carbonyl (C=O) groups is 1. The lowest BCUT2D eigenvalue weighted by Gasteiger charge is -2.17. The van der Waals surface area contributed by atoms with Crippen LogP contribution < -0.4 is 16.0 Å². The van der Waals surface area contributed by atoms with E-state index in [-0.39, 0.29) is 5.91 Å². The normalized spacial score (nSPS) is 10.3. The van der Waals surface area contributed by atoms with Gasteiger partial charge in [0.05, 0.1) is 12.2 Å². The number of nitrogen functional groups attached to an aromatic ring is 1. The van der Waals surface area contributed by atoms with Gasteiger partial charge in [0.1, 0.15) is 0 Å². The molecule has 0 atom stereocenters. The number of nitrogens with two attached hydrogens (primary N) is 1. The van der Waals surface area contributed by atoms with Crippen LogP contribution in [0.15, 0.2) is 18.2 Å². The molecule has 0 fully saturated rings.